The number of piperidine rings is 1. The van der Waals surface area contributed by atoms with Gasteiger partial charge in [-0.1, -0.05) is 18.2 Å². The molecule has 31 heavy (non-hydrogen) atoms. The van der Waals surface area contributed by atoms with Crippen molar-refractivity contribution in [3.63, 3.8) is 0 Å². The molecule has 0 radical (unpaired) electrons. The van der Waals surface area contributed by atoms with Crippen LogP contribution < -0.4 is 0 Å². The van der Waals surface area contributed by atoms with Gasteiger partial charge in [0, 0.05) is 35.6 Å². The first-order valence-corrected chi connectivity index (χ1v) is 11.1. The Morgan fingerprint density at radius 3 is 2.45 bits per heavy atom. The van der Waals surface area contributed by atoms with Crippen LogP contribution in [0.25, 0.3) is 10.9 Å². The molecule has 1 fully saturated rings. The van der Waals surface area contributed by atoms with Crippen molar-refractivity contribution in [3.05, 3.63) is 35.5 Å². The van der Waals surface area contributed by atoms with E-state index in [2.05, 4.69) is 22.0 Å². The number of nitrogens with one attached hydrogen (secondary N) is 1. The molecule has 1 saturated heterocycles. The molecule has 0 bridgehead atoms. The SMILES string of the molecule is CCOC(=O)C(C(=O)OCC)[C@H]1C[C@H]2c3[nH]c4ccccc4c3CCN2C[C@@H]1C(C)=O. The largest absolute Gasteiger partial charge is 0.465 e. The lowest BCUT2D eigenvalue weighted by molar-refractivity contribution is -0.168. The van der Waals surface area contributed by atoms with Crippen molar-refractivity contribution in [1.29, 1.82) is 0 Å². The van der Waals surface area contributed by atoms with Crippen LogP contribution in [0.4, 0.5) is 0 Å². The quantitative estimate of drug-likeness (QED) is 0.564. The third kappa shape index (κ3) is 3.87. The van der Waals surface area contributed by atoms with E-state index in [0.29, 0.717) is 13.0 Å². The number of ether oxygens (including phenoxy) is 2. The third-order valence-electron chi connectivity index (χ3n) is 6.74. The highest BCUT2D eigenvalue weighted by molar-refractivity contribution is 5.96. The van der Waals surface area contributed by atoms with Crippen LogP contribution in [0.3, 0.4) is 0 Å². The molecule has 2 aliphatic heterocycles. The van der Waals surface area contributed by atoms with Gasteiger partial charge in [0.05, 0.1) is 19.3 Å². The highest BCUT2D eigenvalue weighted by Gasteiger charge is 2.49. The van der Waals surface area contributed by atoms with Crippen molar-refractivity contribution < 1.29 is 23.9 Å². The molecule has 2 aliphatic rings. The number of hydrogen-bond acceptors (Lipinski definition) is 6. The lowest BCUT2D eigenvalue weighted by Crippen LogP contribution is -2.52. The molecule has 0 aliphatic carbocycles. The number of H-pyrrole nitrogens is 1. The van der Waals surface area contributed by atoms with E-state index in [1.165, 1.54) is 10.9 Å². The molecule has 0 spiro atoms. The first kappa shape index (κ1) is 21.6. The van der Waals surface area contributed by atoms with Crippen LogP contribution in [0.15, 0.2) is 24.3 Å². The molecule has 1 aromatic carbocycles. The number of esters is 2. The average molecular weight is 427 g/mol. The number of carbonyl (C=O) groups excluding carboxylic acids is 3. The standard InChI is InChI=1S/C24H30N2O5/c1-4-30-23(28)21(24(29)31-5-2)17-12-20-22-16(15-8-6-7-9-19(15)25-22)10-11-26(20)13-18(17)14(3)27/h6-9,17-18,20-21,25H,4-5,10-13H2,1-3H3/t17-,18+,20-/m0/s1. The normalized spacial score (nSPS) is 23.3. The van der Waals surface area contributed by atoms with Crippen LogP contribution in [0.2, 0.25) is 0 Å². The number of fused-ring (bicyclic) bond motifs is 5. The lowest BCUT2D eigenvalue weighted by Gasteiger charge is -2.46. The van der Waals surface area contributed by atoms with Gasteiger partial charge in [-0.25, -0.2) is 0 Å². The van der Waals surface area contributed by atoms with E-state index in [9.17, 15) is 14.4 Å². The fraction of sp³-hybridized carbons (Fsp3) is 0.542. The molecule has 1 aromatic heterocycles. The molecule has 166 valence electrons. The molecule has 1 N–H and O–H groups in total. The maximum absolute atomic E-state index is 12.8. The molecule has 3 atom stereocenters. The Kier molecular flexibility index (Phi) is 6.14. The zero-order valence-corrected chi connectivity index (χ0v) is 18.3. The summed E-state index contributed by atoms with van der Waals surface area (Å²) in [6.45, 7) is 6.69. The van der Waals surface area contributed by atoms with Crippen molar-refractivity contribution in [1.82, 2.24) is 9.88 Å². The summed E-state index contributed by atoms with van der Waals surface area (Å²) in [5, 5.41) is 1.22. The second kappa shape index (κ2) is 8.83. The van der Waals surface area contributed by atoms with Gasteiger partial charge in [-0.3, -0.25) is 19.3 Å². The fourth-order valence-corrected chi connectivity index (χ4v) is 5.37. The summed E-state index contributed by atoms with van der Waals surface area (Å²) in [6, 6.07) is 8.25. The first-order chi connectivity index (χ1) is 15.0. The first-order valence-electron chi connectivity index (χ1n) is 11.1. The summed E-state index contributed by atoms with van der Waals surface area (Å²) < 4.78 is 10.5. The highest BCUT2D eigenvalue weighted by Crippen LogP contribution is 2.45. The van der Waals surface area contributed by atoms with Gasteiger partial charge in [-0.05, 0) is 51.2 Å². The number of Topliss-reactive ketones (excluding diaryl/α,β-unsaturated/α-hetero) is 1. The predicted octanol–water partition coefficient (Wildman–Crippen LogP) is 3.03. The van der Waals surface area contributed by atoms with Gasteiger partial charge < -0.3 is 14.5 Å². The van der Waals surface area contributed by atoms with E-state index >= 15 is 0 Å². The minimum atomic E-state index is -1.09. The van der Waals surface area contributed by atoms with Crippen molar-refractivity contribution in [2.75, 3.05) is 26.3 Å². The number of para-hydroxylation sites is 1. The molecule has 0 unspecified atom stereocenters. The maximum atomic E-state index is 12.8. The van der Waals surface area contributed by atoms with E-state index in [1.807, 2.05) is 12.1 Å². The lowest BCUT2D eigenvalue weighted by atomic mass is 9.71. The Labute approximate surface area is 182 Å². The molecular formula is C24H30N2O5. The van der Waals surface area contributed by atoms with Crippen LogP contribution in [0.5, 0.6) is 0 Å². The van der Waals surface area contributed by atoms with Gasteiger partial charge in [-0.15, -0.1) is 0 Å². The summed E-state index contributed by atoms with van der Waals surface area (Å²) in [4.78, 5) is 44.1. The zero-order chi connectivity index (χ0) is 22.1. The van der Waals surface area contributed by atoms with Gasteiger partial charge >= 0.3 is 11.9 Å². The second-order valence-electron chi connectivity index (χ2n) is 8.42. The topological polar surface area (TPSA) is 88.7 Å². The molecule has 3 heterocycles. The number of aromatic nitrogens is 1. The fourth-order valence-electron chi connectivity index (χ4n) is 5.37. The van der Waals surface area contributed by atoms with E-state index in [-0.39, 0.29) is 25.0 Å². The van der Waals surface area contributed by atoms with Gasteiger partial charge in [-0.2, -0.15) is 0 Å². The summed E-state index contributed by atoms with van der Waals surface area (Å²) in [5.41, 5.74) is 3.51. The predicted molar refractivity (Wildman–Crippen MR) is 115 cm³/mol. The molecule has 4 rings (SSSR count). The van der Waals surface area contributed by atoms with Crippen molar-refractivity contribution in [3.8, 4) is 0 Å². The number of ketones is 1. The number of nitrogens with zero attached hydrogens (tertiary/aromatic N) is 1. The zero-order valence-electron chi connectivity index (χ0n) is 18.3. The minimum Gasteiger partial charge on any atom is -0.465 e. The molecule has 7 nitrogen and oxygen atoms in total. The maximum Gasteiger partial charge on any atom is 0.320 e. The average Bonchev–Trinajstić information content (AvgIpc) is 3.13. The van der Waals surface area contributed by atoms with E-state index in [0.717, 1.165) is 24.2 Å². The number of benzene rings is 1. The molecule has 0 saturated carbocycles. The number of aromatic amines is 1. The van der Waals surface area contributed by atoms with Gasteiger partial charge in [0.2, 0.25) is 0 Å². The summed E-state index contributed by atoms with van der Waals surface area (Å²) in [6.07, 6.45) is 1.43. The summed E-state index contributed by atoms with van der Waals surface area (Å²) in [5.74, 6) is -3.18. The van der Waals surface area contributed by atoms with Crippen LogP contribution in [0.1, 0.15) is 44.5 Å². The van der Waals surface area contributed by atoms with Crippen molar-refractivity contribution in [2.24, 2.45) is 17.8 Å². The van der Waals surface area contributed by atoms with Crippen LogP contribution >= 0.6 is 0 Å². The van der Waals surface area contributed by atoms with E-state index in [1.54, 1.807) is 20.8 Å². The Morgan fingerprint density at radius 1 is 1.13 bits per heavy atom. The summed E-state index contributed by atoms with van der Waals surface area (Å²) >= 11 is 0. The highest BCUT2D eigenvalue weighted by atomic mass is 16.6. The van der Waals surface area contributed by atoms with Gasteiger partial charge in [0.25, 0.3) is 0 Å². The number of carbonyl (C=O) groups is 3. The summed E-state index contributed by atoms with van der Waals surface area (Å²) in [7, 11) is 0. The van der Waals surface area contributed by atoms with Crippen LogP contribution in [-0.2, 0) is 30.3 Å². The monoisotopic (exact) mass is 426 g/mol. The van der Waals surface area contributed by atoms with Gasteiger partial charge in [0.15, 0.2) is 5.92 Å². The van der Waals surface area contributed by atoms with Gasteiger partial charge in [0.1, 0.15) is 5.78 Å². The second-order valence-corrected chi connectivity index (χ2v) is 8.42. The number of hydrogen-bond donors (Lipinski definition) is 1. The Balaban J connectivity index is 1.73. The Bertz CT molecular complexity index is 979. The Morgan fingerprint density at radius 2 is 1.81 bits per heavy atom. The minimum absolute atomic E-state index is 0.00973. The smallest absolute Gasteiger partial charge is 0.320 e. The third-order valence-corrected chi connectivity index (χ3v) is 6.74. The molecule has 2 aromatic rings. The van der Waals surface area contributed by atoms with Crippen molar-refractivity contribution in [2.45, 2.75) is 39.7 Å². The molecule has 7 heteroatoms. The van der Waals surface area contributed by atoms with Crippen LogP contribution in [0, 0.1) is 17.8 Å². The molecular weight excluding hydrogens is 396 g/mol. The van der Waals surface area contributed by atoms with E-state index < -0.39 is 29.7 Å². The van der Waals surface area contributed by atoms with E-state index in [4.69, 9.17) is 9.47 Å². The Hall–Kier alpha value is -2.67. The van der Waals surface area contributed by atoms with Crippen LogP contribution in [-0.4, -0.2) is 53.9 Å². The number of rotatable bonds is 6. The van der Waals surface area contributed by atoms with Crippen molar-refractivity contribution >= 4 is 28.6 Å². The molecule has 0 amide bonds.